The summed E-state index contributed by atoms with van der Waals surface area (Å²) in [6.45, 7) is 7.15. The lowest BCUT2D eigenvalue weighted by Crippen LogP contribution is -2.31. The van der Waals surface area contributed by atoms with Crippen LogP contribution < -0.4 is 10.6 Å². The average Bonchev–Trinajstić information content (AvgIpc) is 2.17. The predicted molar refractivity (Wildman–Crippen MR) is 66.3 cm³/mol. The topological polar surface area (TPSA) is 24.1 Å². The molecular weight excluding hydrogens is 208 g/mol. The van der Waals surface area contributed by atoms with Crippen molar-refractivity contribution in [3.63, 3.8) is 0 Å². The van der Waals surface area contributed by atoms with E-state index in [1.54, 1.807) is 0 Å². The van der Waals surface area contributed by atoms with Gasteiger partial charge in [0.25, 0.3) is 0 Å². The third-order valence-corrected chi connectivity index (χ3v) is 2.31. The Morgan fingerprint density at radius 2 is 2.07 bits per heavy atom. The summed E-state index contributed by atoms with van der Waals surface area (Å²) in [4.78, 5) is 0. The first kappa shape index (κ1) is 12.5. The third-order valence-electron chi connectivity index (χ3n) is 2.07. The Bertz CT molecular complexity index is 287. The molecule has 0 fully saturated rings. The summed E-state index contributed by atoms with van der Waals surface area (Å²) >= 11 is 5.89. The van der Waals surface area contributed by atoms with E-state index in [9.17, 15) is 0 Å². The van der Waals surface area contributed by atoms with Gasteiger partial charge in [0, 0.05) is 30.7 Å². The Labute approximate surface area is 97.0 Å². The second-order valence-corrected chi connectivity index (χ2v) is 4.35. The van der Waals surface area contributed by atoms with E-state index in [0.717, 1.165) is 24.7 Å². The number of rotatable bonds is 6. The van der Waals surface area contributed by atoms with Gasteiger partial charge in [-0.2, -0.15) is 0 Å². The van der Waals surface area contributed by atoms with Crippen LogP contribution in [0.2, 0.25) is 5.02 Å². The molecule has 1 aromatic carbocycles. The molecule has 0 amide bonds. The van der Waals surface area contributed by atoms with Crippen molar-refractivity contribution in [3.8, 4) is 0 Å². The second kappa shape index (κ2) is 6.83. The lowest BCUT2D eigenvalue weighted by atomic mass is 10.2. The Morgan fingerprint density at radius 1 is 1.27 bits per heavy atom. The van der Waals surface area contributed by atoms with Gasteiger partial charge in [-0.3, -0.25) is 0 Å². The smallest absolute Gasteiger partial charge is 0.0409 e. The molecule has 15 heavy (non-hydrogen) atoms. The van der Waals surface area contributed by atoms with Gasteiger partial charge in [0.2, 0.25) is 0 Å². The number of nitrogens with one attached hydrogen (secondary N) is 2. The summed E-state index contributed by atoms with van der Waals surface area (Å²) < 4.78 is 0. The molecular formula is C12H19ClN2. The summed E-state index contributed by atoms with van der Waals surface area (Å²) in [6, 6.07) is 8.49. The molecule has 0 spiro atoms. The van der Waals surface area contributed by atoms with E-state index >= 15 is 0 Å². The van der Waals surface area contributed by atoms with E-state index in [1.165, 1.54) is 5.56 Å². The van der Waals surface area contributed by atoms with Gasteiger partial charge in [0.05, 0.1) is 0 Å². The van der Waals surface area contributed by atoms with Gasteiger partial charge >= 0.3 is 0 Å². The summed E-state index contributed by atoms with van der Waals surface area (Å²) in [5.41, 5.74) is 1.23. The largest absolute Gasteiger partial charge is 0.313 e. The Morgan fingerprint density at radius 3 is 2.73 bits per heavy atom. The van der Waals surface area contributed by atoms with Crippen molar-refractivity contribution in [3.05, 3.63) is 34.9 Å². The van der Waals surface area contributed by atoms with E-state index < -0.39 is 0 Å². The minimum absolute atomic E-state index is 0.554. The molecule has 84 valence electrons. The molecule has 2 nitrogen and oxygen atoms in total. The Kier molecular flexibility index (Phi) is 5.69. The highest BCUT2D eigenvalue weighted by atomic mass is 35.5. The molecule has 0 aliphatic heterocycles. The molecule has 3 heteroatoms. The molecule has 0 aliphatic rings. The molecule has 0 atom stereocenters. The van der Waals surface area contributed by atoms with Gasteiger partial charge in [-0.15, -0.1) is 0 Å². The maximum Gasteiger partial charge on any atom is 0.0409 e. The van der Waals surface area contributed by atoms with E-state index in [2.05, 4.69) is 30.5 Å². The first-order valence-electron chi connectivity index (χ1n) is 5.37. The maximum absolute atomic E-state index is 5.89. The van der Waals surface area contributed by atoms with Crippen LogP contribution in [0.5, 0.6) is 0 Å². The second-order valence-electron chi connectivity index (χ2n) is 3.92. The molecule has 0 bridgehead atoms. The first-order valence-corrected chi connectivity index (χ1v) is 5.75. The quantitative estimate of drug-likeness (QED) is 0.729. The highest BCUT2D eigenvalue weighted by molar-refractivity contribution is 6.30. The standard InChI is InChI=1S/C12H19ClN2/c1-10(2)15-7-6-14-9-11-4-3-5-12(13)8-11/h3-5,8,10,14-15H,6-7,9H2,1-2H3. The van der Waals surface area contributed by atoms with Crippen LogP contribution in [0.3, 0.4) is 0 Å². The van der Waals surface area contributed by atoms with Crippen LogP contribution >= 0.6 is 11.6 Å². The molecule has 0 saturated heterocycles. The van der Waals surface area contributed by atoms with Gasteiger partial charge in [0.1, 0.15) is 0 Å². The molecule has 0 radical (unpaired) electrons. The van der Waals surface area contributed by atoms with Crippen LogP contribution in [-0.4, -0.2) is 19.1 Å². The van der Waals surface area contributed by atoms with Gasteiger partial charge < -0.3 is 10.6 Å². The summed E-state index contributed by atoms with van der Waals surface area (Å²) in [6.07, 6.45) is 0. The molecule has 2 N–H and O–H groups in total. The van der Waals surface area contributed by atoms with Crippen LogP contribution in [0.4, 0.5) is 0 Å². The predicted octanol–water partition coefficient (Wildman–Crippen LogP) is 2.43. The SMILES string of the molecule is CC(C)NCCNCc1cccc(Cl)c1. The average molecular weight is 227 g/mol. The number of hydrogen-bond acceptors (Lipinski definition) is 2. The first-order chi connectivity index (χ1) is 7.18. The normalized spacial score (nSPS) is 10.9. The van der Waals surface area contributed by atoms with Gasteiger partial charge in [-0.05, 0) is 17.7 Å². The Hall–Kier alpha value is -0.570. The van der Waals surface area contributed by atoms with Crippen molar-refractivity contribution < 1.29 is 0 Å². The zero-order valence-corrected chi connectivity index (χ0v) is 10.1. The molecule has 0 heterocycles. The van der Waals surface area contributed by atoms with E-state index in [-0.39, 0.29) is 0 Å². The monoisotopic (exact) mass is 226 g/mol. The van der Waals surface area contributed by atoms with Crippen molar-refractivity contribution in [2.24, 2.45) is 0 Å². The van der Waals surface area contributed by atoms with Crippen LogP contribution in [0, 0.1) is 0 Å². The van der Waals surface area contributed by atoms with Crippen LogP contribution in [0.15, 0.2) is 24.3 Å². The van der Waals surface area contributed by atoms with Crippen LogP contribution in [0.1, 0.15) is 19.4 Å². The highest BCUT2D eigenvalue weighted by Crippen LogP contribution is 2.09. The molecule has 1 rings (SSSR count). The van der Waals surface area contributed by atoms with Gasteiger partial charge in [-0.25, -0.2) is 0 Å². The fourth-order valence-corrected chi connectivity index (χ4v) is 1.54. The summed E-state index contributed by atoms with van der Waals surface area (Å²) in [7, 11) is 0. The van der Waals surface area contributed by atoms with E-state index in [1.807, 2.05) is 18.2 Å². The molecule has 0 unspecified atom stereocenters. The molecule has 1 aromatic rings. The van der Waals surface area contributed by atoms with Crippen LogP contribution in [0.25, 0.3) is 0 Å². The Balaban J connectivity index is 2.15. The maximum atomic E-state index is 5.89. The van der Waals surface area contributed by atoms with Crippen LogP contribution in [-0.2, 0) is 6.54 Å². The molecule has 0 saturated carbocycles. The number of halogens is 1. The van der Waals surface area contributed by atoms with Crippen molar-refractivity contribution in [1.29, 1.82) is 0 Å². The molecule has 0 aromatic heterocycles. The minimum Gasteiger partial charge on any atom is -0.313 e. The summed E-state index contributed by atoms with van der Waals surface area (Å²) in [5, 5.41) is 7.52. The van der Waals surface area contributed by atoms with Crippen molar-refractivity contribution >= 4 is 11.6 Å². The lowest BCUT2D eigenvalue weighted by molar-refractivity contribution is 0.555. The minimum atomic E-state index is 0.554. The number of benzene rings is 1. The zero-order chi connectivity index (χ0) is 11.1. The third kappa shape index (κ3) is 5.78. The van der Waals surface area contributed by atoms with Crippen molar-refractivity contribution in [1.82, 2.24) is 10.6 Å². The van der Waals surface area contributed by atoms with Gasteiger partial charge in [-0.1, -0.05) is 37.6 Å². The highest BCUT2D eigenvalue weighted by Gasteiger charge is 1.94. The fourth-order valence-electron chi connectivity index (χ4n) is 1.33. The summed E-state index contributed by atoms with van der Waals surface area (Å²) in [5.74, 6) is 0. The number of hydrogen-bond donors (Lipinski definition) is 2. The molecule has 0 aliphatic carbocycles. The van der Waals surface area contributed by atoms with Gasteiger partial charge in [0.15, 0.2) is 0 Å². The van der Waals surface area contributed by atoms with E-state index in [4.69, 9.17) is 11.6 Å². The van der Waals surface area contributed by atoms with Crippen molar-refractivity contribution in [2.45, 2.75) is 26.4 Å². The van der Waals surface area contributed by atoms with E-state index in [0.29, 0.717) is 6.04 Å². The lowest BCUT2D eigenvalue weighted by Gasteiger charge is -2.09. The van der Waals surface area contributed by atoms with Crippen molar-refractivity contribution in [2.75, 3.05) is 13.1 Å². The fraction of sp³-hybridized carbons (Fsp3) is 0.500. The zero-order valence-electron chi connectivity index (χ0n) is 9.39.